The van der Waals surface area contributed by atoms with Crippen LogP contribution in [0.1, 0.15) is 27.4 Å². The van der Waals surface area contributed by atoms with Gasteiger partial charge in [-0.15, -0.1) is 6.58 Å². The molecule has 6 nitrogen and oxygen atoms in total. The van der Waals surface area contributed by atoms with Crippen molar-refractivity contribution in [1.29, 1.82) is 0 Å². The summed E-state index contributed by atoms with van der Waals surface area (Å²) in [5, 5.41) is 2.04. The minimum absolute atomic E-state index is 0.0144. The molecule has 0 radical (unpaired) electrons. The van der Waals surface area contributed by atoms with E-state index in [-0.39, 0.29) is 17.8 Å². The zero-order chi connectivity index (χ0) is 12.8. The van der Waals surface area contributed by atoms with Crippen LogP contribution in [0, 0.1) is 0 Å². The van der Waals surface area contributed by atoms with Crippen molar-refractivity contribution in [1.82, 2.24) is 15.3 Å². The van der Waals surface area contributed by atoms with Gasteiger partial charge in [0.1, 0.15) is 17.7 Å². The SMILES string of the molecule is C=CCC(F)NC(=O)c1cc(C(N)=O)ncn1. The maximum Gasteiger partial charge on any atom is 0.272 e. The number of alkyl halides is 1. The number of hydrogen-bond donors (Lipinski definition) is 2. The van der Waals surface area contributed by atoms with Crippen molar-refractivity contribution in [3.63, 3.8) is 0 Å². The molecule has 1 rings (SSSR count). The Morgan fingerprint density at radius 3 is 2.76 bits per heavy atom. The average Bonchev–Trinajstić information content (AvgIpc) is 2.29. The topological polar surface area (TPSA) is 98.0 Å². The second-order valence-electron chi connectivity index (χ2n) is 3.12. The van der Waals surface area contributed by atoms with E-state index in [1.807, 2.05) is 5.32 Å². The van der Waals surface area contributed by atoms with E-state index in [1.165, 1.54) is 6.08 Å². The van der Waals surface area contributed by atoms with Crippen molar-refractivity contribution in [2.24, 2.45) is 5.73 Å². The molecule has 1 unspecified atom stereocenters. The molecule has 2 amide bonds. The highest BCUT2D eigenvalue weighted by atomic mass is 19.1. The molecular weight excluding hydrogens is 227 g/mol. The molecule has 1 aromatic heterocycles. The summed E-state index contributed by atoms with van der Waals surface area (Å²) in [5.74, 6) is -1.53. The van der Waals surface area contributed by atoms with Crippen LogP contribution in [-0.4, -0.2) is 28.1 Å². The van der Waals surface area contributed by atoms with Crippen LogP contribution in [0.25, 0.3) is 0 Å². The van der Waals surface area contributed by atoms with Crippen LogP contribution >= 0.6 is 0 Å². The van der Waals surface area contributed by atoms with E-state index in [0.717, 1.165) is 12.4 Å². The summed E-state index contributed by atoms with van der Waals surface area (Å²) in [7, 11) is 0. The van der Waals surface area contributed by atoms with E-state index in [1.54, 1.807) is 0 Å². The standard InChI is InChI=1S/C10H11FN4O2/c1-2-3-8(11)15-10(17)7-4-6(9(12)16)13-5-14-7/h2,4-5,8H,1,3H2,(H2,12,16)(H,15,17). The molecule has 0 aliphatic heterocycles. The molecule has 0 saturated carbocycles. The predicted octanol–water partition coefficient (Wildman–Crippen LogP) is 0.177. The number of hydrogen-bond acceptors (Lipinski definition) is 4. The lowest BCUT2D eigenvalue weighted by Gasteiger charge is -2.07. The molecule has 0 aliphatic rings. The fraction of sp³-hybridized carbons (Fsp3) is 0.200. The van der Waals surface area contributed by atoms with E-state index in [9.17, 15) is 14.0 Å². The number of amides is 2. The van der Waals surface area contributed by atoms with E-state index in [0.29, 0.717) is 0 Å². The molecule has 17 heavy (non-hydrogen) atoms. The van der Waals surface area contributed by atoms with Crippen molar-refractivity contribution in [2.45, 2.75) is 12.7 Å². The van der Waals surface area contributed by atoms with Gasteiger partial charge in [-0.3, -0.25) is 9.59 Å². The second-order valence-corrected chi connectivity index (χ2v) is 3.12. The van der Waals surface area contributed by atoms with Gasteiger partial charge < -0.3 is 11.1 Å². The fourth-order valence-corrected chi connectivity index (χ4v) is 1.04. The molecule has 3 N–H and O–H groups in total. The third-order valence-electron chi connectivity index (χ3n) is 1.81. The van der Waals surface area contributed by atoms with E-state index < -0.39 is 18.1 Å². The van der Waals surface area contributed by atoms with Gasteiger partial charge in [-0.1, -0.05) is 6.08 Å². The van der Waals surface area contributed by atoms with Crippen molar-refractivity contribution in [3.05, 3.63) is 36.4 Å². The third-order valence-corrected chi connectivity index (χ3v) is 1.81. The van der Waals surface area contributed by atoms with Crippen molar-refractivity contribution < 1.29 is 14.0 Å². The number of primary amides is 1. The summed E-state index contributed by atoms with van der Waals surface area (Å²) in [6.45, 7) is 3.34. The number of rotatable bonds is 5. The lowest BCUT2D eigenvalue weighted by atomic mass is 10.3. The maximum absolute atomic E-state index is 13.1. The van der Waals surface area contributed by atoms with Gasteiger partial charge >= 0.3 is 0 Å². The molecule has 1 atom stereocenters. The van der Waals surface area contributed by atoms with Crippen molar-refractivity contribution in [3.8, 4) is 0 Å². The summed E-state index contributed by atoms with van der Waals surface area (Å²) in [6.07, 6.45) is 0.779. The Morgan fingerprint density at radius 1 is 1.53 bits per heavy atom. The highest BCUT2D eigenvalue weighted by Gasteiger charge is 2.14. The van der Waals surface area contributed by atoms with Crippen molar-refractivity contribution >= 4 is 11.8 Å². The monoisotopic (exact) mass is 238 g/mol. The highest BCUT2D eigenvalue weighted by Crippen LogP contribution is 2.00. The number of aromatic nitrogens is 2. The fourth-order valence-electron chi connectivity index (χ4n) is 1.04. The molecule has 0 bridgehead atoms. The first kappa shape index (κ1) is 12.8. The molecule has 0 spiro atoms. The molecule has 0 fully saturated rings. The van der Waals surface area contributed by atoms with Gasteiger partial charge in [0, 0.05) is 12.5 Å². The number of carbonyl (C=O) groups is 2. The summed E-state index contributed by atoms with van der Waals surface area (Å²) < 4.78 is 13.1. The summed E-state index contributed by atoms with van der Waals surface area (Å²) in [5.41, 5.74) is 4.75. The third kappa shape index (κ3) is 3.63. The number of nitrogens with one attached hydrogen (secondary N) is 1. The number of nitrogens with zero attached hydrogens (tertiary/aromatic N) is 2. The highest BCUT2D eigenvalue weighted by molar-refractivity contribution is 5.96. The Bertz CT molecular complexity index is 450. The van der Waals surface area contributed by atoms with Crippen molar-refractivity contribution in [2.75, 3.05) is 0 Å². The first-order valence-corrected chi connectivity index (χ1v) is 4.72. The summed E-state index contributed by atoms with van der Waals surface area (Å²) >= 11 is 0. The minimum Gasteiger partial charge on any atom is -0.364 e. The molecule has 0 aromatic carbocycles. The zero-order valence-electron chi connectivity index (χ0n) is 8.89. The Kier molecular flexibility index (Phi) is 4.27. The lowest BCUT2D eigenvalue weighted by molar-refractivity contribution is 0.0890. The van der Waals surface area contributed by atoms with Gasteiger partial charge in [0.2, 0.25) is 0 Å². The molecule has 1 heterocycles. The predicted molar refractivity (Wildman–Crippen MR) is 57.7 cm³/mol. The van der Waals surface area contributed by atoms with Crippen LogP contribution in [-0.2, 0) is 0 Å². The minimum atomic E-state index is -1.55. The van der Waals surface area contributed by atoms with Gasteiger partial charge in [-0.25, -0.2) is 14.4 Å². The number of halogens is 1. The first-order valence-electron chi connectivity index (χ1n) is 4.72. The summed E-state index contributed by atoms with van der Waals surface area (Å²) in [6, 6.07) is 1.10. The summed E-state index contributed by atoms with van der Waals surface area (Å²) in [4.78, 5) is 29.5. The van der Waals surface area contributed by atoms with E-state index >= 15 is 0 Å². The Hall–Kier alpha value is -2.31. The van der Waals surface area contributed by atoms with E-state index in [2.05, 4.69) is 16.5 Å². The van der Waals surface area contributed by atoms with Crippen LogP contribution < -0.4 is 11.1 Å². The van der Waals surface area contributed by atoms with Crippen LogP contribution in [0.3, 0.4) is 0 Å². The largest absolute Gasteiger partial charge is 0.364 e. The molecule has 7 heteroatoms. The normalized spacial score (nSPS) is 11.6. The van der Waals surface area contributed by atoms with Gasteiger partial charge in [0.15, 0.2) is 6.30 Å². The van der Waals surface area contributed by atoms with Gasteiger partial charge in [-0.2, -0.15) is 0 Å². The van der Waals surface area contributed by atoms with Gasteiger partial charge in [-0.05, 0) is 0 Å². The lowest BCUT2D eigenvalue weighted by Crippen LogP contribution is -2.32. The van der Waals surface area contributed by atoms with Crippen LogP contribution in [0.2, 0.25) is 0 Å². The molecule has 1 aromatic rings. The zero-order valence-corrected chi connectivity index (χ0v) is 8.89. The Morgan fingerprint density at radius 2 is 2.18 bits per heavy atom. The Balaban J connectivity index is 2.78. The van der Waals surface area contributed by atoms with Gasteiger partial charge in [0.25, 0.3) is 11.8 Å². The van der Waals surface area contributed by atoms with Crippen LogP contribution in [0.5, 0.6) is 0 Å². The number of carbonyl (C=O) groups excluding carboxylic acids is 2. The quantitative estimate of drug-likeness (QED) is 0.564. The molecule has 90 valence electrons. The number of nitrogens with two attached hydrogens (primary N) is 1. The molecule has 0 aliphatic carbocycles. The van der Waals surface area contributed by atoms with Crippen LogP contribution in [0.15, 0.2) is 25.0 Å². The first-order chi connectivity index (χ1) is 8.04. The maximum atomic E-state index is 13.1. The van der Waals surface area contributed by atoms with Crippen LogP contribution in [0.4, 0.5) is 4.39 Å². The molecular formula is C10H11FN4O2. The molecule has 0 saturated heterocycles. The average molecular weight is 238 g/mol. The second kappa shape index (κ2) is 5.69. The van der Waals surface area contributed by atoms with E-state index in [4.69, 9.17) is 5.73 Å². The van der Waals surface area contributed by atoms with Gasteiger partial charge in [0.05, 0.1) is 0 Å². The Labute approximate surface area is 96.7 Å². The smallest absolute Gasteiger partial charge is 0.272 e.